The van der Waals surface area contributed by atoms with Crippen LogP contribution in [0.5, 0.6) is 0 Å². The van der Waals surface area contributed by atoms with Crippen molar-refractivity contribution in [2.24, 2.45) is 5.92 Å². The minimum atomic E-state index is -0.331. The molecule has 1 saturated heterocycles. The van der Waals surface area contributed by atoms with Crippen molar-refractivity contribution in [2.45, 2.75) is 19.9 Å². The molecule has 0 spiro atoms. The molecule has 3 aromatic rings. The normalized spacial score (nSPS) is 17.4. The highest BCUT2D eigenvalue weighted by atomic mass is 32.1. The molecular weight excluding hydrogens is 338 g/mol. The second-order valence-corrected chi connectivity index (χ2v) is 7.12. The Morgan fingerprint density at radius 2 is 2.32 bits per heavy atom. The summed E-state index contributed by atoms with van der Waals surface area (Å²) in [4.78, 5) is 31.8. The van der Waals surface area contributed by atoms with Crippen LogP contribution >= 0.6 is 11.3 Å². The molecule has 2 amide bonds. The second-order valence-electron chi connectivity index (χ2n) is 6.09. The largest absolute Gasteiger partial charge is 0.441 e. The molecule has 0 bridgehead atoms. The summed E-state index contributed by atoms with van der Waals surface area (Å²) < 4.78 is 5.46. The fourth-order valence-corrected chi connectivity index (χ4v) is 3.71. The Morgan fingerprint density at radius 1 is 1.44 bits per heavy atom. The van der Waals surface area contributed by atoms with Crippen LogP contribution in [0, 0.1) is 12.8 Å². The zero-order valence-corrected chi connectivity index (χ0v) is 14.5. The van der Waals surface area contributed by atoms with Crippen molar-refractivity contribution in [3.05, 3.63) is 46.5 Å². The average molecular weight is 355 g/mol. The molecule has 1 atom stereocenters. The molecule has 0 aliphatic carbocycles. The van der Waals surface area contributed by atoms with Crippen LogP contribution in [0.25, 0.3) is 11.1 Å². The fourth-order valence-electron chi connectivity index (χ4n) is 3.06. The lowest BCUT2D eigenvalue weighted by molar-refractivity contribution is -0.126. The number of benzene rings is 1. The van der Waals surface area contributed by atoms with Gasteiger partial charge in [-0.05, 0) is 29.6 Å². The van der Waals surface area contributed by atoms with E-state index in [9.17, 15) is 9.59 Å². The number of thiophene rings is 1. The van der Waals surface area contributed by atoms with Gasteiger partial charge in [-0.25, -0.2) is 4.98 Å². The molecule has 1 N–H and O–H groups in total. The quantitative estimate of drug-likeness (QED) is 0.781. The number of carbonyl (C=O) groups excluding carboxylic acids is 2. The lowest BCUT2D eigenvalue weighted by Gasteiger charge is -2.16. The minimum Gasteiger partial charge on any atom is -0.441 e. The third-order valence-corrected chi connectivity index (χ3v) is 5.18. The number of carbonyl (C=O) groups is 2. The maximum absolute atomic E-state index is 12.4. The van der Waals surface area contributed by atoms with Crippen LogP contribution in [0.2, 0.25) is 0 Å². The number of aryl methyl sites for hydroxylation is 1. The Kier molecular flexibility index (Phi) is 4.01. The SMILES string of the molecule is Cc1nc2cc(N3CC(C(=O)NCc4cccs4)CC3=O)ccc2o1. The number of amides is 2. The molecule has 1 unspecified atom stereocenters. The topological polar surface area (TPSA) is 75.4 Å². The van der Waals surface area contributed by atoms with Crippen molar-refractivity contribution in [3.8, 4) is 0 Å². The predicted octanol–water partition coefficient (Wildman–Crippen LogP) is 2.87. The van der Waals surface area contributed by atoms with Crippen LogP contribution in [0.1, 0.15) is 17.2 Å². The van der Waals surface area contributed by atoms with E-state index in [-0.39, 0.29) is 24.2 Å². The van der Waals surface area contributed by atoms with Crippen LogP contribution in [-0.2, 0) is 16.1 Å². The average Bonchev–Trinajstić information content (AvgIpc) is 3.30. The van der Waals surface area contributed by atoms with E-state index in [4.69, 9.17) is 4.42 Å². The Labute approximate surface area is 148 Å². The van der Waals surface area contributed by atoms with Gasteiger partial charge in [-0.15, -0.1) is 11.3 Å². The highest BCUT2D eigenvalue weighted by Crippen LogP contribution is 2.28. The second kappa shape index (κ2) is 6.33. The van der Waals surface area contributed by atoms with Crippen LogP contribution < -0.4 is 10.2 Å². The Balaban J connectivity index is 1.46. The molecule has 25 heavy (non-hydrogen) atoms. The zero-order chi connectivity index (χ0) is 17.4. The monoisotopic (exact) mass is 355 g/mol. The number of hydrogen-bond donors (Lipinski definition) is 1. The molecule has 0 saturated carbocycles. The van der Waals surface area contributed by atoms with Crippen molar-refractivity contribution >= 4 is 39.9 Å². The maximum atomic E-state index is 12.4. The van der Waals surface area contributed by atoms with E-state index in [2.05, 4.69) is 10.3 Å². The Morgan fingerprint density at radius 3 is 3.12 bits per heavy atom. The van der Waals surface area contributed by atoms with Gasteiger partial charge in [0.15, 0.2) is 11.5 Å². The summed E-state index contributed by atoms with van der Waals surface area (Å²) in [6.07, 6.45) is 0.228. The van der Waals surface area contributed by atoms with E-state index >= 15 is 0 Å². The number of nitrogens with zero attached hydrogens (tertiary/aromatic N) is 2. The highest BCUT2D eigenvalue weighted by molar-refractivity contribution is 7.09. The smallest absolute Gasteiger partial charge is 0.227 e. The number of fused-ring (bicyclic) bond motifs is 1. The van der Waals surface area contributed by atoms with Crippen LogP contribution in [0.4, 0.5) is 5.69 Å². The lowest BCUT2D eigenvalue weighted by Crippen LogP contribution is -2.32. The molecule has 1 aliphatic heterocycles. The van der Waals surface area contributed by atoms with Crippen molar-refractivity contribution < 1.29 is 14.0 Å². The molecule has 0 radical (unpaired) electrons. The Hall–Kier alpha value is -2.67. The summed E-state index contributed by atoms with van der Waals surface area (Å²) in [5.41, 5.74) is 2.16. The summed E-state index contributed by atoms with van der Waals surface area (Å²) in [7, 11) is 0. The van der Waals surface area contributed by atoms with E-state index in [0.29, 0.717) is 30.1 Å². The van der Waals surface area contributed by atoms with Gasteiger partial charge in [0.2, 0.25) is 11.8 Å². The van der Waals surface area contributed by atoms with Gasteiger partial charge >= 0.3 is 0 Å². The van der Waals surface area contributed by atoms with E-state index in [0.717, 1.165) is 10.6 Å². The van der Waals surface area contributed by atoms with Crippen molar-refractivity contribution in [3.63, 3.8) is 0 Å². The molecule has 1 aliphatic rings. The van der Waals surface area contributed by atoms with Gasteiger partial charge in [-0.1, -0.05) is 6.07 Å². The number of aromatic nitrogens is 1. The van der Waals surface area contributed by atoms with E-state index < -0.39 is 0 Å². The van der Waals surface area contributed by atoms with Crippen LogP contribution in [-0.4, -0.2) is 23.3 Å². The molecule has 128 valence electrons. The summed E-state index contributed by atoms with van der Waals surface area (Å²) in [5.74, 6) is 0.131. The molecule has 3 heterocycles. The molecule has 2 aromatic heterocycles. The van der Waals surface area contributed by atoms with Gasteiger partial charge in [-0.3, -0.25) is 9.59 Å². The van der Waals surface area contributed by atoms with Gasteiger partial charge in [0.1, 0.15) is 5.52 Å². The van der Waals surface area contributed by atoms with Crippen molar-refractivity contribution in [1.29, 1.82) is 0 Å². The van der Waals surface area contributed by atoms with Gasteiger partial charge < -0.3 is 14.6 Å². The first-order valence-corrected chi connectivity index (χ1v) is 8.96. The maximum Gasteiger partial charge on any atom is 0.227 e. The lowest BCUT2D eigenvalue weighted by atomic mass is 10.1. The Bertz CT molecular complexity index is 932. The summed E-state index contributed by atoms with van der Waals surface area (Å²) in [6.45, 7) is 2.68. The molecular formula is C18H17N3O3S. The van der Waals surface area contributed by atoms with Crippen molar-refractivity contribution in [1.82, 2.24) is 10.3 Å². The summed E-state index contributed by atoms with van der Waals surface area (Å²) in [6, 6.07) is 9.40. The predicted molar refractivity (Wildman–Crippen MR) is 95.4 cm³/mol. The van der Waals surface area contributed by atoms with Gasteiger partial charge in [0.05, 0.1) is 12.5 Å². The number of rotatable bonds is 4. The summed E-state index contributed by atoms with van der Waals surface area (Å²) in [5, 5.41) is 4.89. The third-order valence-electron chi connectivity index (χ3n) is 4.30. The van der Waals surface area contributed by atoms with E-state index in [1.807, 2.05) is 35.7 Å². The van der Waals surface area contributed by atoms with Gasteiger partial charge in [-0.2, -0.15) is 0 Å². The number of nitrogens with one attached hydrogen (secondary N) is 1. The minimum absolute atomic E-state index is 0.0455. The van der Waals surface area contributed by atoms with Gasteiger partial charge in [0, 0.05) is 30.5 Å². The molecule has 1 fully saturated rings. The fraction of sp³-hybridized carbons (Fsp3) is 0.278. The standard InChI is InChI=1S/C18H17N3O3S/c1-11-20-15-8-13(4-5-16(15)24-11)21-10-12(7-17(21)22)18(23)19-9-14-3-2-6-25-14/h2-6,8,12H,7,9-10H2,1H3,(H,19,23). The molecule has 4 rings (SSSR count). The summed E-state index contributed by atoms with van der Waals surface area (Å²) >= 11 is 1.60. The van der Waals surface area contributed by atoms with E-state index in [1.54, 1.807) is 23.2 Å². The van der Waals surface area contributed by atoms with Gasteiger partial charge in [0.25, 0.3) is 0 Å². The number of oxazole rings is 1. The third kappa shape index (κ3) is 3.15. The van der Waals surface area contributed by atoms with Crippen LogP contribution in [0.15, 0.2) is 40.1 Å². The van der Waals surface area contributed by atoms with E-state index in [1.165, 1.54) is 0 Å². The zero-order valence-electron chi connectivity index (χ0n) is 13.7. The molecule has 7 heteroatoms. The first kappa shape index (κ1) is 15.8. The highest BCUT2D eigenvalue weighted by Gasteiger charge is 2.35. The number of hydrogen-bond acceptors (Lipinski definition) is 5. The number of anilines is 1. The van der Waals surface area contributed by atoms with Crippen molar-refractivity contribution in [2.75, 3.05) is 11.4 Å². The first-order valence-electron chi connectivity index (χ1n) is 8.08. The van der Waals surface area contributed by atoms with Crippen LogP contribution in [0.3, 0.4) is 0 Å². The first-order chi connectivity index (χ1) is 12.1. The molecule has 6 nitrogen and oxygen atoms in total. The molecule has 1 aromatic carbocycles.